The van der Waals surface area contributed by atoms with Gasteiger partial charge in [-0.15, -0.1) is 0 Å². The van der Waals surface area contributed by atoms with Gasteiger partial charge in [-0.3, -0.25) is 4.90 Å². The fourth-order valence-corrected chi connectivity index (χ4v) is 3.24. The predicted octanol–water partition coefficient (Wildman–Crippen LogP) is 2.86. The molecule has 3 heteroatoms. The van der Waals surface area contributed by atoms with Crippen molar-refractivity contribution in [3.63, 3.8) is 0 Å². The summed E-state index contributed by atoms with van der Waals surface area (Å²) in [5, 5.41) is 0. The minimum absolute atomic E-state index is 0.0771. The van der Waals surface area contributed by atoms with Crippen molar-refractivity contribution in [1.29, 1.82) is 0 Å². The molecular weight excluding hydrogens is 238 g/mol. The molecule has 1 atom stereocenters. The topological polar surface area (TPSA) is 29.5 Å². The van der Waals surface area contributed by atoms with Crippen LogP contribution in [-0.2, 0) is 4.74 Å². The maximum Gasteiger partial charge on any atom is 0.338 e. The Hall–Kier alpha value is -1.35. The molecule has 2 aliphatic rings. The number of rotatable bonds is 3. The van der Waals surface area contributed by atoms with Crippen molar-refractivity contribution in [2.24, 2.45) is 0 Å². The van der Waals surface area contributed by atoms with Gasteiger partial charge < -0.3 is 4.74 Å². The van der Waals surface area contributed by atoms with Gasteiger partial charge in [0.25, 0.3) is 0 Å². The predicted molar refractivity (Wildman–Crippen MR) is 74.1 cm³/mol. The lowest BCUT2D eigenvalue weighted by molar-refractivity contribution is 0.0312. The summed E-state index contributed by atoms with van der Waals surface area (Å²) >= 11 is 0. The molecule has 1 aliphatic heterocycles. The van der Waals surface area contributed by atoms with Crippen LogP contribution in [0.2, 0.25) is 0 Å². The first-order valence-corrected chi connectivity index (χ1v) is 7.33. The minimum Gasteiger partial charge on any atom is -0.457 e. The quantitative estimate of drug-likeness (QED) is 0.782. The second-order valence-corrected chi connectivity index (χ2v) is 5.62. The molecule has 1 unspecified atom stereocenters. The highest BCUT2D eigenvalue weighted by Gasteiger charge is 2.31. The van der Waals surface area contributed by atoms with E-state index in [4.69, 9.17) is 4.74 Å². The molecule has 19 heavy (non-hydrogen) atoms. The van der Waals surface area contributed by atoms with E-state index in [0.717, 1.165) is 25.6 Å². The molecule has 1 aromatic rings. The Labute approximate surface area is 114 Å². The van der Waals surface area contributed by atoms with Crippen LogP contribution < -0.4 is 0 Å². The molecule has 0 radical (unpaired) electrons. The van der Waals surface area contributed by atoms with Gasteiger partial charge in [0, 0.05) is 19.1 Å². The molecule has 0 amide bonds. The largest absolute Gasteiger partial charge is 0.457 e. The van der Waals surface area contributed by atoms with Gasteiger partial charge in [0.15, 0.2) is 0 Å². The molecule has 3 nitrogen and oxygen atoms in total. The van der Waals surface area contributed by atoms with Crippen LogP contribution in [0.3, 0.4) is 0 Å². The summed E-state index contributed by atoms with van der Waals surface area (Å²) in [5.74, 6) is -0.182. The molecule has 102 valence electrons. The third-order valence-electron chi connectivity index (χ3n) is 4.30. The minimum atomic E-state index is -0.182. The van der Waals surface area contributed by atoms with E-state index in [2.05, 4.69) is 4.90 Å². The number of esters is 1. The van der Waals surface area contributed by atoms with Crippen LogP contribution in [0.15, 0.2) is 30.3 Å². The zero-order valence-corrected chi connectivity index (χ0v) is 11.3. The van der Waals surface area contributed by atoms with Crippen molar-refractivity contribution in [2.75, 3.05) is 13.1 Å². The zero-order chi connectivity index (χ0) is 13.1. The standard InChI is InChI=1S/C16H21NO2/c18-16(13-6-2-1-3-7-13)19-15-10-11-17(12-15)14-8-4-5-9-14/h1-3,6-7,14-15H,4-5,8-12H2. The van der Waals surface area contributed by atoms with Crippen molar-refractivity contribution >= 4 is 5.97 Å². The summed E-state index contributed by atoms with van der Waals surface area (Å²) in [6, 6.07) is 10.0. The Bertz CT molecular complexity index is 426. The van der Waals surface area contributed by atoms with Gasteiger partial charge in [0.1, 0.15) is 6.10 Å². The number of benzene rings is 1. The second-order valence-electron chi connectivity index (χ2n) is 5.62. The Balaban J connectivity index is 1.53. The third kappa shape index (κ3) is 2.98. The Morgan fingerprint density at radius 3 is 2.58 bits per heavy atom. The van der Waals surface area contributed by atoms with Crippen LogP contribution in [-0.4, -0.2) is 36.1 Å². The first-order valence-electron chi connectivity index (χ1n) is 7.33. The number of carbonyl (C=O) groups is 1. The summed E-state index contributed by atoms with van der Waals surface area (Å²) in [6.07, 6.45) is 6.41. The monoisotopic (exact) mass is 259 g/mol. The Morgan fingerprint density at radius 1 is 1.11 bits per heavy atom. The van der Waals surface area contributed by atoms with Crippen LogP contribution in [0.1, 0.15) is 42.5 Å². The molecule has 1 heterocycles. The van der Waals surface area contributed by atoms with Gasteiger partial charge in [0.2, 0.25) is 0 Å². The van der Waals surface area contributed by atoms with Gasteiger partial charge in [-0.25, -0.2) is 4.79 Å². The van der Waals surface area contributed by atoms with E-state index < -0.39 is 0 Å². The van der Waals surface area contributed by atoms with Gasteiger partial charge in [-0.1, -0.05) is 31.0 Å². The highest BCUT2D eigenvalue weighted by Crippen LogP contribution is 2.27. The zero-order valence-electron chi connectivity index (χ0n) is 11.3. The number of likely N-dealkylation sites (tertiary alicyclic amines) is 1. The highest BCUT2D eigenvalue weighted by molar-refractivity contribution is 5.89. The van der Waals surface area contributed by atoms with Crippen LogP contribution in [0.5, 0.6) is 0 Å². The van der Waals surface area contributed by atoms with Crippen LogP contribution in [0.4, 0.5) is 0 Å². The molecule has 1 saturated carbocycles. The summed E-state index contributed by atoms with van der Waals surface area (Å²) in [6.45, 7) is 2.00. The molecular formula is C16H21NO2. The summed E-state index contributed by atoms with van der Waals surface area (Å²) in [4.78, 5) is 14.5. The average Bonchev–Trinajstić information content (AvgIpc) is 3.10. The lowest BCUT2D eigenvalue weighted by Crippen LogP contribution is -2.32. The molecule has 1 saturated heterocycles. The fourth-order valence-electron chi connectivity index (χ4n) is 3.24. The van der Waals surface area contributed by atoms with E-state index in [0.29, 0.717) is 5.56 Å². The van der Waals surface area contributed by atoms with Crippen molar-refractivity contribution < 1.29 is 9.53 Å². The van der Waals surface area contributed by atoms with Crippen molar-refractivity contribution in [1.82, 2.24) is 4.90 Å². The second kappa shape index (κ2) is 5.74. The van der Waals surface area contributed by atoms with Crippen molar-refractivity contribution in [3.05, 3.63) is 35.9 Å². The van der Waals surface area contributed by atoms with Crippen LogP contribution in [0.25, 0.3) is 0 Å². The normalized spacial score (nSPS) is 24.7. The van der Waals surface area contributed by atoms with E-state index in [-0.39, 0.29) is 12.1 Å². The lowest BCUT2D eigenvalue weighted by atomic mass is 10.2. The van der Waals surface area contributed by atoms with Gasteiger partial charge in [0.05, 0.1) is 5.56 Å². The van der Waals surface area contributed by atoms with Crippen molar-refractivity contribution in [2.45, 2.75) is 44.2 Å². The molecule has 2 fully saturated rings. The highest BCUT2D eigenvalue weighted by atomic mass is 16.5. The summed E-state index contributed by atoms with van der Waals surface area (Å²) < 4.78 is 5.61. The molecule has 0 aromatic heterocycles. The van der Waals surface area contributed by atoms with Gasteiger partial charge in [-0.05, 0) is 31.4 Å². The number of ether oxygens (including phenoxy) is 1. The molecule has 0 spiro atoms. The average molecular weight is 259 g/mol. The molecule has 1 aromatic carbocycles. The first kappa shape index (κ1) is 12.7. The van der Waals surface area contributed by atoms with Gasteiger partial charge in [-0.2, -0.15) is 0 Å². The summed E-state index contributed by atoms with van der Waals surface area (Å²) in [7, 11) is 0. The number of carbonyl (C=O) groups excluding carboxylic acids is 1. The van der Waals surface area contributed by atoms with Crippen LogP contribution >= 0.6 is 0 Å². The SMILES string of the molecule is O=C(OC1CCN(C2CCCC2)C1)c1ccccc1. The third-order valence-corrected chi connectivity index (χ3v) is 4.30. The van der Waals surface area contributed by atoms with E-state index in [9.17, 15) is 4.79 Å². The Morgan fingerprint density at radius 2 is 1.84 bits per heavy atom. The first-order chi connectivity index (χ1) is 9.33. The van der Waals surface area contributed by atoms with Crippen LogP contribution in [0, 0.1) is 0 Å². The maximum absolute atomic E-state index is 12.0. The maximum atomic E-state index is 12.0. The lowest BCUT2D eigenvalue weighted by Gasteiger charge is -2.23. The fraction of sp³-hybridized carbons (Fsp3) is 0.562. The molecule has 1 aliphatic carbocycles. The van der Waals surface area contributed by atoms with Crippen molar-refractivity contribution in [3.8, 4) is 0 Å². The smallest absolute Gasteiger partial charge is 0.338 e. The number of nitrogens with zero attached hydrogens (tertiary/aromatic N) is 1. The van der Waals surface area contributed by atoms with Gasteiger partial charge >= 0.3 is 5.97 Å². The van der Waals surface area contributed by atoms with E-state index in [1.807, 2.05) is 30.3 Å². The molecule has 0 N–H and O–H groups in total. The summed E-state index contributed by atoms with van der Waals surface area (Å²) in [5.41, 5.74) is 0.654. The van der Waals surface area contributed by atoms with E-state index in [1.165, 1.54) is 25.7 Å². The number of hydrogen-bond acceptors (Lipinski definition) is 3. The number of hydrogen-bond donors (Lipinski definition) is 0. The molecule has 3 rings (SSSR count). The Kier molecular flexibility index (Phi) is 3.83. The van der Waals surface area contributed by atoms with E-state index >= 15 is 0 Å². The van der Waals surface area contributed by atoms with E-state index in [1.54, 1.807) is 0 Å². The molecule has 0 bridgehead atoms.